The lowest BCUT2D eigenvalue weighted by atomic mass is 10.2. The van der Waals surface area contributed by atoms with E-state index >= 15 is 0 Å². The van der Waals surface area contributed by atoms with Gasteiger partial charge in [0.1, 0.15) is 11.6 Å². The van der Waals surface area contributed by atoms with Crippen molar-refractivity contribution in [2.45, 2.75) is 19.4 Å². The minimum Gasteiger partial charge on any atom is -0.450 e. The molecule has 100 valence electrons. The van der Waals surface area contributed by atoms with Crippen LogP contribution in [0.4, 0.5) is 0 Å². The van der Waals surface area contributed by atoms with Gasteiger partial charge in [-0.05, 0) is 40.6 Å². The Morgan fingerprint density at radius 3 is 3.05 bits per heavy atom. The van der Waals surface area contributed by atoms with Crippen LogP contribution in [0.5, 0.6) is 0 Å². The number of carbonyl (C=O) groups is 1. The zero-order valence-electron chi connectivity index (χ0n) is 10.4. The lowest BCUT2D eigenvalue weighted by Gasteiger charge is -2.12. The largest absolute Gasteiger partial charge is 0.450 e. The number of carbonyl (C=O) groups excluding carboxylic acids is 1. The first-order valence-corrected chi connectivity index (χ1v) is 6.71. The minimum absolute atomic E-state index is 0.115. The van der Waals surface area contributed by atoms with Gasteiger partial charge < -0.3 is 14.7 Å². The van der Waals surface area contributed by atoms with Gasteiger partial charge in [-0.1, -0.05) is 6.92 Å². The summed E-state index contributed by atoms with van der Waals surface area (Å²) in [7, 11) is 0. The van der Waals surface area contributed by atoms with E-state index in [2.05, 4.69) is 31.2 Å². The molecule has 19 heavy (non-hydrogen) atoms. The Bertz CT molecular complexity index is 560. The number of aromatic amines is 1. The van der Waals surface area contributed by atoms with Crippen molar-refractivity contribution >= 4 is 27.9 Å². The maximum atomic E-state index is 11.8. The van der Waals surface area contributed by atoms with Crippen LogP contribution < -0.4 is 5.32 Å². The van der Waals surface area contributed by atoms with Crippen LogP contribution in [0.1, 0.15) is 31.0 Å². The van der Waals surface area contributed by atoms with Gasteiger partial charge in [0.05, 0.1) is 6.04 Å². The maximum Gasteiger partial charge on any atom is 0.244 e. The van der Waals surface area contributed by atoms with Crippen LogP contribution in [-0.4, -0.2) is 15.9 Å². The molecule has 2 rings (SSSR count). The Balaban J connectivity index is 1.95. The van der Waals surface area contributed by atoms with E-state index in [1.165, 1.54) is 6.08 Å². The van der Waals surface area contributed by atoms with Gasteiger partial charge in [-0.2, -0.15) is 0 Å². The summed E-state index contributed by atoms with van der Waals surface area (Å²) >= 11 is 3.20. The summed E-state index contributed by atoms with van der Waals surface area (Å²) in [5.74, 6) is 1.19. The number of halogens is 1. The second kappa shape index (κ2) is 6.38. The van der Waals surface area contributed by atoms with Crippen molar-refractivity contribution in [3.05, 3.63) is 46.9 Å². The van der Waals surface area contributed by atoms with Crippen LogP contribution in [0, 0.1) is 0 Å². The second-order valence-corrected chi connectivity index (χ2v) is 4.70. The number of aromatic nitrogens is 2. The maximum absolute atomic E-state index is 11.8. The fraction of sp³-hybridized carbons (Fsp3) is 0.231. The molecule has 0 aromatic carbocycles. The smallest absolute Gasteiger partial charge is 0.244 e. The van der Waals surface area contributed by atoms with Crippen molar-refractivity contribution in [1.82, 2.24) is 15.3 Å². The third-order valence-corrected chi connectivity index (χ3v) is 2.99. The van der Waals surface area contributed by atoms with E-state index in [0.29, 0.717) is 10.4 Å². The molecule has 0 aliphatic carbocycles. The molecule has 0 bridgehead atoms. The number of nitrogens with one attached hydrogen (secondary N) is 2. The molecule has 0 saturated carbocycles. The molecule has 0 spiro atoms. The highest BCUT2D eigenvalue weighted by molar-refractivity contribution is 9.10. The van der Waals surface area contributed by atoms with Crippen molar-refractivity contribution in [1.29, 1.82) is 0 Å². The van der Waals surface area contributed by atoms with Gasteiger partial charge in [-0.15, -0.1) is 0 Å². The lowest BCUT2D eigenvalue weighted by molar-refractivity contribution is -0.117. The summed E-state index contributed by atoms with van der Waals surface area (Å²) in [6.07, 6.45) is 7.23. The van der Waals surface area contributed by atoms with Gasteiger partial charge >= 0.3 is 0 Å². The monoisotopic (exact) mass is 323 g/mol. The average molecular weight is 324 g/mol. The van der Waals surface area contributed by atoms with Crippen molar-refractivity contribution in [3.8, 4) is 0 Å². The summed E-state index contributed by atoms with van der Waals surface area (Å²) in [6, 6.07) is 3.43. The fourth-order valence-corrected chi connectivity index (χ4v) is 1.95. The fourth-order valence-electron chi connectivity index (χ4n) is 1.63. The Kier molecular flexibility index (Phi) is 4.57. The highest BCUT2D eigenvalue weighted by Gasteiger charge is 2.12. The first-order valence-electron chi connectivity index (χ1n) is 5.92. The highest BCUT2D eigenvalue weighted by Crippen LogP contribution is 2.15. The molecule has 2 aromatic rings. The molecule has 1 amide bonds. The average Bonchev–Trinajstić information content (AvgIpc) is 3.05. The second-order valence-electron chi connectivity index (χ2n) is 3.92. The van der Waals surface area contributed by atoms with Crippen LogP contribution in [0.2, 0.25) is 0 Å². The van der Waals surface area contributed by atoms with E-state index in [-0.39, 0.29) is 11.9 Å². The van der Waals surface area contributed by atoms with Crippen LogP contribution in [0.25, 0.3) is 6.08 Å². The van der Waals surface area contributed by atoms with Crippen LogP contribution in [-0.2, 0) is 4.79 Å². The number of imidazole rings is 1. The van der Waals surface area contributed by atoms with E-state index in [1.54, 1.807) is 30.6 Å². The molecule has 1 atom stereocenters. The lowest BCUT2D eigenvalue weighted by Crippen LogP contribution is -2.27. The number of amides is 1. The summed E-state index contributed by atoms with van der Waals surface area (Å²) in [5.41, 5.74) is 0. The Morgan fingerprint density at radius 2 is 2.47 bits per heavy atom. The molecule has 0 aliphatic rings. The molecule has 0 radical (unpaired) electrons. The standard InChI is InChI=1S/C13H14BrN3O2/c1-2-10(13-15-7-8-16-13)17-12(18)6-4-9-3-5-11(14)19-9/h3-8,10H,2H2,1H3,(H,15,16)(H,17,18)/b6-4+. The summed E-state index contributed by atoms with van der Waals surface area (Å²) in [6.45, 7) is 1.99. The number of rotatable bonds is 5. The molecule has 6 heteroatoms. The molecule has 2 heterocycles. The van der Waals surface area contributed by atoms with Crippen molar-refractivity contribution < 1.29 is 9.21 Å². The first kappa shape index (κ1) is 13.6. The third-order valence-electron chi connectivity index (χ3n) is 2.57. The summed E-state index contributed by atoms with van der Waals surface area (Å²) in [5, 5.41) is 2.87. The normalized spacial score (nSPS) is 12.7. The summed E-state index contributed by atoms with van der Waals surface area (Å²) < 4.78 is 5.90. The minimum atomic E-state index is -0.184. The Morgan fingerprint density at radius 1 is 1.63 bits per heavy atom. The van der Waals surface area contributed by atoms with Gasteiger partial charge in [-0.3, -0.25) is 4.79 Å². The molecule has 2 N–H and O–H groups in total. The van der Waals surface area contributed by atoms with Gasteiger partial charge in [0, 0.05) is 18.5 Å². The molecule has 0 fully saturated rings. The molecule has 0 aliphatic heterocycles. The topological polar surface area (TPSA) is 70.9 Å². The summed E-state index contributed by atoms with van der Waals surface area (Å²) in [4.78, 5) is 18.9. The zero-order valence-corrected chi connectivity index (χ0v) is 12.0. The van der Waals surface area contributed by atoms with Crippen molar-refractivity contribution in [2.75, 3.05) is 0 Å². The molecule has 1 unspecified atom stereocenters. The highest BCUT2D eigenvalue weighted by atomic mass is 79.9. The molecular weight excluding hydrogens is 310 g/mol. The predicted octanol–water partition coefficient (Wildman–Crippen LogP) is 3.05. The van der Waals surface area contributed by atoms with E-state index in [9.17, 15) is 4.79 Å². The molecule has 2 aromatic heterocycles. The Labute approximate surface area is 119 Å². The van der Waals surface area contributed by atoms with Crippen molar-refractivity contribution in [2.24, 2.45) is 0 Å². The third kappa shape index (κ3) is 3.82. The van der Waals surface area contributed by atoms with Gasteiger partial charge in [-0.25, -0.2) is 4.98 Å². The molecular formula is C13H14BrN3O2. The number of hydrogen-bond acceptors (Lipinski definition) is 3. The van der Waals surface area contributed by atoms with Gasteiger partial charge in [0.15, 0.2) is 4.67 Å². The van der Waals surface area contributed by atoms with Crippen LogP contribution in [0.15, 0.2) is 39.7 Å². The first-order chi connectivity index (χ1) is 9.19. The van der Waals surface area contributed by atoms with E-state index < -0.39 is 0 Å². The number of nitrogens with zero attached hydrogens (tertiary/aromatic N) is 1. The molecule has 0 saturated heterocycles. The van der Waals surface area contributed by atoms with Crippen LogP contribution in [0.3, 0.4) is 0 Å². The number of H-pyrrole nitrogens is 1. The SMILES string of the molecule is CCC(NC(=O)/C=C/c1ccc(Br)o1)c1ncc[nH]1. The van der Waals surface area contributed by atoms with E-state index in [4.69, 9.17) is 4.42 Å². The predicted molar refractivity (Wildman–Crippen MR) is 75.2 cm³/mol. The molecule has 5 nitrogen and oxygen atoms in total. The van der Waals surface area contributed by atoms with Crippen LogP contribution >= 0.6 is 15.9 Å². The number of furan rings is 1. The van der Waals surface area contributed by atoms with Gasteiger partial charge in [0.25, 0.3) is 0 Å². The number of hydrogen-bond donors (Lipinski definition) is 2. The quantitative estimate of drug-likeness (QED) is 0.831. The zero-order chi connectivity index (χ0) is 13.7. The Hall–Kier alpha value is -1.82. The van der Waals surface area contributed by atoms with Gasteiger partial charge in [0.2, 0.25) is 5.91 Å². The van der Waals surface area contributed by atoms with E-state index in [0.717, 1.165) is 12.2 Å². The van der Waals surface area contributed by atoms with Crippen molar-refractivity contribution in [3.63, 3.8) is 0 Å². The van der Waals surface area contributed by atoms with E-state index in [1.807, 2.05) is 6.92 Å².